The van der Waals surface area contributed by atoms with Crippen LogP contribution in [-0.2, 0) is 6.54 Å². The number of rotatable bonds is 28. The summed E-state index contributed by atoms with van der Waals surface area (Å²) in [6.07, 6.45) is 34.3. The third-order valence-electron chi connectivity index (χ3n) is 8.79. The molecule has 1 heteroatoms. The van der Waals surface area contributed by atoms with E-state index in [0.29, 0.717) is 12.1 Å². The fourth-order valence-corrected chi connectivity index (χ4v) is 6.08. The lowest BCUT2D eigenvalue weighted by Gasteiger charge is -2.35. The minimum Gasteiger partial charge on any atom is -0.294 e. The van der Waals surface area contributed by atoms with E-state index in [0.717, 1.165) is 6.54 Å². The predicted molar refractivity (Wildman–Crippen MR) is 173 cm³/mol. The van der Waals surface area contributed by atoms with Crippen LogP contribution in [0.3, 0.4) is 0 Å². The van der Waals surface area contributed by atoms with Gasteiger partial charge in [0, 0.05) is 18.6 Å². The van der Waals surface area contributed by atoms with E-state index in [1.807, 2.05) is 0 Å². The van der Waals surface area contributed by atoms with E-state index in [1.54, 1.807) is 0 Å². The number of hydrogen-bond acceptors (Lipinski definition) is 1. The Bertz CT molecular complexity index is 550. The minimum atomic E-state index is 0.677. The van der Waals surface area contributed by atoms with Crippen LogP contribution in [-0.4, -0.2) is 17.0 Å². The van der Waals surface area contributed by atoms with Gasteiger partial charge in [-0.15, -0.1) is 0 Å². The van der Waals surface area contributed by atoms with Crippen molar-refractivity contribution in [2.45, 2.75) is 200 Å². The smallest absolute Gasteiger partial charge is 0.0239 e. The van der Waals surface area contributed by atoms with Gasteiger partial charge in [-0.25, -0.2) is 0 Å². The van der Waals surface area contributed by atoms with E-state index in [4.69, 9.17) is 0 Å². The molecule has 2 atom stereocenters. The molecule has 0 aliphatic heterocycles. The number of benzene rings is 1. The molecule has 0 amide bonds. The van der Waals surface area contributed by atoms with Gasteiger partial charge in [0.1, 0.15) is 0 Å². The fraction of sp³-hybridized carbons (Fsp3) is 0.838. The molecule has 0 fully saturated rings. The SMILES string of the molecule is CCCCCCCCCCCCCC(C)N(Cc1ccccc1)C(C)CCCCCCCCCCCCC. The molecular weight excluding hydrogens is 458 g/mol. The molecule has 0 N–H and O–H groups in total. The van der Waals surface area contributed by atoms with Crippen molar-refractivity contribution in [1.82, 2.24) is 4.90 Å². The zero-order valence-corrected chi connectivity index (χ0v) is 26.7. The molecule has 1 aromatic rings. The van der Waals surface area contributed by atoms with Crippen LogP contribution in [0.4, 0.5) is 0 Å². The van der Waals surface area contributed by atoms with Crippen LogP contribution in [0.15, 0.2) is 30.3 Å². The summed E-state index contributed by atoms with van der Waals surface area (Å²) in [4.78, 5) is 2.82. The van der Waals surface area contributed by atoms with Crippen molar-refractivity contribution >= 4 is 0 Å². The zero-order valence-electron chi connectivity index (χ0n) is 26.7. The van der Waals surface area contributed by atoms with Crippen molar-refractivity contribution in [2.24, 2.45) is 0 Å². The van der Waals surface area contributed by atoms with Crippen molar-refractivity contribution in [3.8, 4) is 0 Å². The van der Waals surface area contributed by atoms with Crippen LogP contribution < -0.4 is 0 Å². The molecule has 0 saturated heterocycles. The van der Waals surface area contributed by atoms with Crippen molar-refractivity contribution in [3.05, 3.63) is 35.9 Å². The summed E-state index contributed by atoms with van der Waals surface area (Å²) in [5.74, 6) is 0. The Labute approximate surface area is 241 Å². The highest BCUT2D eigenvalue weighted by Crippen LogP contribution is 2.21. The van der Waals surface area contributed by atoms with E-state index >= 15 is 0 Å². The molecule has 38 heavy (non-hydrogen) atoms. The highest BCUT2D eigenvalue weighted by Gasteiger charge is 2.20. The van der Waals surface area contributed by atoms with Crippen LogP contribution in [0.1, 0.15) is 187 Å². The maximum Gasteiger partial charge on any atom is 0.0239 e. The molecule has 0 spiro atoms. The molecule has 0 saturated carbocycles. The zero-order chi connectivity index (χ0) is 27.5. The van der Waals surface area contributed by atoms with Gasteiger partial charge in [0.2, 0.25) is 0 Å². The largest absolute Gasteiger partial charge is 0.294 e. The van der Waals surface area contributed by atoms with Gasteiger partial charge >= 0.3 is 0 Å². The molecule has 0 aliphatic rings. The third kappa shape index (κ3) is 20.1. The average molecular weight is 528 g/mol. The molecule has 0 aliphatic carbocycles. The summed E-state index contributed by atoms with van der Waals surface area (Å²) >= 11 is 0. The lowest BCUT2D eigenvalue weighted by molar-refractivity contribution is 0.126. The second-order valence-corrected chi connectivity index (χ2v) is 12.5. The first-order valence-electron chi connectivity index (χ1n) is 17.5. The van der Waals surface area contributed by atoms with Crippen LogP contribution in [0.5, 0.6) is 0 Å². The Morgan fingerprint density at radius 1 is 0.447 bits per heavy atom. The number of hydrogen-bond donors (Lipinski definition) is 0. The lowest BCUT2D eigenvalue weighted by Crippen LogP contribution is -2.39. The van der Waals surface area contributed by atoms with Crippen LogP contribution in [0.2, 0.25) is 0 Å². The summed E-state index contributed by atoms with van der Waals surface area (Å²) in [5.41, 5.74) is 1.48. The minimum absolute atomic E-state index is 0.677. The topological polar surface area (TPSA) is 3.24 Å². The van der Waals surface area contributed by atoms with Gasteiger partial charge in [-0.1, -0.05) is 185 Å². The second kappa shape index (κ2) is 26.4. The predicted octanol–water partition coefficient (Wildman–Crippen LogP) is 12.7. The Kier molecular flexibility index (Phi) is 24.5. The quantitative estimate of drug-likeness (QED) is 0.0979. The second-order valence-electron chi connectivity index (χ2n) is 12.5. The average Bonchev–Trinajstić information content (AvgIpc) is 2.93. The first-order chi connectivity index (χ1) is 18.7. The van der Waals surface area contributed by atoms with Gasteiger partial charge in [0.05, 0.1) is 0 Å². The van der Waals surface area contributed by atoms with Crippen LogP contribution in [0.25, 0.3) is 0 Å². The van der Waals surface area contributed by atoms with E-state index < -0.39 is 0 Å². The summed E-state index contributed by atoms with van der Waals surface area (Å²) in [6.45, 7) is 10.7. The van der Waals surface area contributed by atoms with E-state index in [9.17, 15) is 0 Å². The van der Waals surface area contributed by atoms with Gasteiger partial charge in [0.25, 0.3) is 0 Å². The maximum absolute atomic E-state index is 2.82. The van der Waals surface area contributed by atoms with Crippen LogP contribution in [0, 0.1) is 0 Å². The highest BCUT2D eigenvalue weighted by molar-refractivity contribution is 5.14. The monoisotopic (exact) mass is 528 g/mol. The fourth-order valence-electron chi connectivity index (χ4n) is 6.08. The lowest BCUT2D eigenvalue weighted by atomic mass is 10.00. The molecule has 0 aromatic heterocycles. The first-order valence-corrected chi connectivity index (χ1v) is 17.5. The third-order valence-corrected chi connectivity index (χ3v) is 8.79. The molecule has 0 heterocycles. The van der Waals surface area contributed by atoms with Gasteiger partial charge < -0.3 is 0 Å². The molecular formula is C37H69N. The van der Waals surface area contributed by atoms with Crippen LogP contribution >= 0.6 is 0 Å². The molecule has 1 nitrogen and oxygen atoms in total. The van der Waals surface area contributed by atoms with E-state index in [2.05, 4.69) is 62.9 Å². The molecule has 2 unspecified atom stereocenters. The first kappa shape index (κ1) is 35.2. The van der Waals surface area contributed by atoms with E-state index in [1.165, 1.54) is 160 Å². The number of unbranched alkanes of at least 4 members (excludes halogenated alkanes) is 20. The Hall–Kier alpha value is -0.820. The van der Waals surface area contributed by atoms with Crippen molar-refractivity contribution in [3.63, 3.8) is 0 Å². The van der Waals surface area contributed by atoms with Gasteiger partial charge in [-0.2, -0.15) is 0 Å². The summed E-state index contributed by atoms with van der Waals surface area (Å²) < 4.78 is 0. The van der Waals surface area contributed by atoms with E-state index in [-0.39, 0.29) is 0 Å². The van der Waals surface area contributed by atoms with Gasteiger partial charge in [-0.3, -0.25) is 4.90 Å². The normalized spacial score (nSPS) is 13.3. The Balaban J connectivity index is 2.24. The van der Waals surface area contributed by atoms with Crippen molar-refractivity contribution < 1.29 is 0 Å². The molecule has 1 aromatic carbocycles. The highest BCUT2D eigenvalue weighted by atomic mass is 15.2. The summed E-state index contributed by atoms with van der Waals surface area (Å²) in [5, 5.41) is 0. The van der Waals surface area contributed by atoms with Gasteiger partial charge in [0.15, 0.2) is 0 Å². The molecule has 0 radical (unpaired) electrons. The number of nitrogens with zero attached hydrogens (tertiary/aromatic N) is 1. The van der Waals surface area contributed by atoms with Gasteiger partial charge in [-0.05, 0) is 32.3 Å². The summed E-state index contributed by atoms with van der Waals surface area (Å²) in [6, 6.07) is 12.5. The standard InChI is InChI=1S/C37H69N/c1-5-7-9-11-13-15-17-19-21-23-26-30-35(3)38(34-37-32-28-25-29-33-37)36(4)31-27-24-22-20-18-16-14-12-10-8-6-2/h25,28-29,32-33,35-36H,5-24,26-27,30-31,34H2,1-4H3. The van der Waals surface area contributed by atoms with Crippen molar-refractivity contribution in [2.75, 3.05) is 0 Å². The molecule has 1 rings (SSSR count). The molecule has 0 bridgehead atoms. The Morgan fingerprint density at radius 3 is 1.11 bits per heavy atom. The maximum atomic E-state index is 2.82. The summed E-state index contributed by atoms with van der Waals surface area (Å²) in [7, 11) is 0. The van der Waals surface area contributed by atoms with Crippen molar-refractivity contribution in [1.29, 1.82) is 0 Å². The molecule has 222 valence electrons. The Morgan fingerprint density at radius 2 is 0.763 bits per heavy atom.